The van der Waals surface area contributed by atoms with E-state index < -0.39 is 11.8 Å². The maximum absolute atomic E-state index is 12.0. The molecule has 2 aromatic carbocycles. The van der Waals surface area contributed by atoms with E-state index in [9.17, 15) is 14.7 Å². The molecule has 0 heterocycles. The van der Waals surface area contributed by atoms with Gasteiger partial charge in [-0.2, -0.15) is 0 Å². The SMILES string of the molecule is NC(=O)COc1ccc(NC(=O)c2ccccc2O)cc1. The van der Waals surface area contributed by atoms with Crippen molar-refractivity contribution in [1.82, 2.24) is 0 Å². The molecule has 0 aliphatic carbocycles. The molecule has 0 aromatic heterocycles. The van der Waals surface area contributed by atoms with Crippen molar-refractivity contribution in [3.05, 3.63) is 54.1 Å². The van der Waals surface area contributed by atoms with E-state index in [1.165, 1.54) is 12.1 Å². The summed E-state index contributed by atoms with van der Waals surface area (Å²) in [6.45, 7) is -0.205. The molecule has 4 N–H and O–H groups in total. The average molecular weight is 286 g/mol. The molecular formula is C15H14N2O4. The van der Waals surface area contributed by atoms with E-state index >= 15 is 0 Å². The van der Waals surface area contributed by atoms with E-state index in [1.807, 2.05) is 0 Å². The first-order chi connectivity index (χ1) is 10.1. The van der Waals surface area contributed by atoms with Gasteiger partial charge in [-0.25, -0.2) is 0 Å². The number of aromatic hydroxyl groups is 1. The third kappa shape index (κ3) is 3.97. The normalized spacial score (nSPS) is 9.90. The van der Waals surface area contributed by atoms with Crippen LogP contribution in [0.2, 0.25) is 0 Å². The molecule has 2 aromatic rings. The van der Waals surface area contributed by atoms with E-state index in [4.69, 9.17) is 10.5 Å². The summed E-state index contributed by atoms with van der Waals surface area (Å²) in [7, 11) is 0. The number of anilines is 1. The van der Waals surface area contributed by atoms with Crippen molar-refractivity contribution in [3.8, 4) is 11.5 Å². The molecule has 0 atom stereocenters. The number of phenolic OH excluding ortho intramolecular Hbond substituents is 1. The lowest BCUT2D eigenvalue weighted by atomic mass is 10.2. The van der Waals surface area contributed by atoms with Gasteiger partial charge >= 0.3 is 0 Å². The minimum atomic E-state index is -0.563. The quantitative estimate of drug-likeness (QED) is 0.775. The highest BCUT2D eigenvalue weighted by Crippen LogP contribution is 2.19. The molecule has 21 heavy (non-hydrogen) atoms. The second-order valence-electron chi connectivity index (χ2n) is 4.25. The van der Waals surface area contributed by atoms with Gasteiger partial charge in [0.2, 0.25) is 0 Å². The Hall–Kier alpha value is -3.02. The number of para-hydroxylation sites is 1. The average Bonchev–Trinajstić information content (AvgIpc) is 2.47. The van der Waals surface area contributed by atoms with Gasteiger partial charge in [0.25, 0.3) is 11.8 Å². The van der Waals surface area contributed by atoms with Crippen LogP contribution in [0.5, 0.6) is 11.5 Å². The Labute approximate surface area is 121 Å². The first-order valence-electron chi connectivity index (χ1n) is 6.17. The molecule has 0 fully saturated rings. The molecule has 0 aliphatic rings. The number of rotatable bonds is 5. The fourth-order valence-corrected chi connectivity index (χ4v) is 1.65. The van der Waals surface area contributed by atoms with Crippen LogP contribution >= 0.6 is 0 Å². The van der Waals surface area contributed by atoms with Gasteiger partial charge in [-0.05, 0) is 36.4 Å². The van der Waals surface area contributed by atoms with Gasteiger partial charge in [0.05, 0.1) is 5.56 Å². The number of ether oxygens (including phenoxy) is 1. The van der Waals surface area contributed by atoms with Crippen LogP contribution in [0.3, 0.4) is 0 Å². The van der Waals surface area contributed by atoms with E-state index in [0.717, 1.165) is 0 Å². The fraction of sp³-hybridized carbons (Fsp3) is 0.0667. The summed E-state index contributed by atoms with van der Waals surface area (Å²) < 4.78 is 5.10. The van der Waals surface area contributed by atoms with Crippen molar-refractivity contribution in [1.29, 1.82) is 0 Å². The number of hydrogen-bond donors (Lipinski definition) is 3. The molecule has 108 valence electrons. The summed E-state index contributed by atoms with van der Waals surface area (Å²) in [4.78, 5) is 22.6. The number of primary amides is 1. The monoisotopic (exact) mass is 286 g/mol. The zero-order valence-electron chi connectivity index (χ0n) is 11.1. The zero-order chi connectivity index (χ0) is 15.2. The highest BCUT2D eigenvalue weighted by molar-refractivity contribution is 6.06. The Kier molecular flexibility index (Phi) is 4.40. The van der Waals surface area contributed by atoms with E-state index in [0.29, 0.717) is 11.4 Å². The molecule has 2 amide bonds. The Morgan fingerprint density at radius 3 is 2.38 bits per heavy atom. The highest BCUT2D eigenvalue weighted by Gasteiger charge is 2.10. The number of amides is 2. The number of carbonyl (C=O) groups is 2. The smallest absolute Gasteiger partial charge is 0.259 e. The Balaban J connectivity index is 2.02. The van der Waals surface area contributed by atoms with Gasteiger partial charge in [0.1, 0.15) is 11.5 Å². The molecule has 0 aliphatic heterocycles. The molecule has 0 radical (unpaired) electrons. The van der Waals surface area contributed by atoms with Crippen LogP contribution in [0.15, 0.2) is 48.5 Å². The fourth-order valence-electron chi connectivity index (χ4n) is 1.65. The Morgan fingerprint density at radius 2 is 1.76 bits per heavy atom. The molecule has 6 nitrogen and oxygen atoms in total. The summed E-state index contributed by atoms with van der Waals surface area (Å²) >= 11 is 0. The lowest BCUT2D eigenvalue weighted by molar-refractivity contribution is -0.119. The first-order valence-corrected chi connectivity index (χ1v) is 6.17. The van der Waals surface area contributed by atoms with Crippen LogP contribution in [0.4, 0.5) is 5.69 Å². The summed E-state index contributed by atoms with van der Waals surface area (Å²) in [6, 6.07) is 12.7. The van der Waals surface area contributed by atoms with Gasteiger partial charge < -0.3 is 20.9 Å². The van der Waals surface area contributed by atoms with Crippen LogP contribution in [0, 0.1) is 0 Å². The van der Waals surface area contributed by atoms with Crippen molar-refractivity contribution >= 4 is 17.5 Å². The van der Waals surface area contributed by atoms with Crippen molar-refractivity contribution in [2.45, 2.75) is 0 Å². The van der Waals surface area contributed by atoms with Crippen molar-refractivity contribution in [2.75, 3.05) is 11.9 Å². The molecule has 0 bridgehead atoms. The van der Waals surface area contributed by atoms with Gasteiger partial charge in [-0.1, -0.05) is 12.1 Å². The summed E-state index contributed by atoms with van der Waals surface area (Å²) in [5.41, 5.74) is 5.69. The van der Waals surface area contributed by atoms with Gasteiger partial charge in [0.15, 0.2) is 6.61 Å². The minimum absolute atomic E-state index is 0.0867. The predicted molar refractivity (Wildman–Crippen MR) is 77.2 cm³/mol. The molecule has 0 saturated heterocycles. The molecule has 0 spiro atoms. The molecule has 6 heteroatoms. The molecule has 0 saturated carbocycles. The molecular weight excluding hydrogens is 272 g/mol. The summed E-state index contributed by atoms with van der Waals surface area (Å²) in [5.74, 6) is -0.600. The lowest BCUT2D eigenvalue weighted by Gasteiger charge is -2.08. The highest BCUT2D eigenvalue weighted by atomic mass is 16.5. The lowest BCUT2D eigenvalue weighted by Crippen LogP contribution is -2.20. The third-order valence-corrected chi connectivity index (χ3v) is 2.64. The first kappa shape index (κ1) is 14.4. The Morgan fingerprint density at radius 1 is 1.10 bits per heavy atom. The predicted octanol–water partition coefficient (Wildman–Crippen LogP) is 1.51. The number of nitrogens with two attached hydrogens (primary N) is 1. The zero-order valence-corrected chi connectivity index (χ0v) is 11.1. The van der Waals surface area contributed by atoms with Gasteiger partial charge in [0, 0.05) is 5.69 Å². The second kappa shape index (κ2) is 6.42. The van der Waals surface area contributed by atoms with E-state index in [1.54, 1.807) is 36.4 Å². The molecule has 2 rings (SSSR count). The number of phenols is 1. The standard InChI is InChI=1S/C15H14N2O4/c16-14(19)9-21-11-7-5-10(6-8-11)17-15(20)12-3-1-2-4-13(12)18/h1-8,18H,9H2,(H2,16,19)(H,17,20). The van der Waals surface area contributed by atoms with Crippen LogP contribution in [-0.4, -0.2) is 23.5 Å². The second-order valence-corrected chi connectivity index (χ2v) is 4.25. The van der Waals surface area contributed by atoms with Crippen molar-refractivity contribution in [2.24, 2.45) is 5.73 Å². The van der Waals surface area contributed by atoms with Crippen LogP contribution in [0.1, 0.15) is 10.4 Å². The van der Waals surface area contributed by atoms with Gasteiger partial charge in [-0.3, -0.25) is 9.59 Å². The maximum Gasteiger partial charge on any atom is 0.259 e. The van der Waals surface area contributed by atoms with Crippen LogP contribution in [0.25, 0.3) is 0 Å². The molecule has 0 unspecified atom stereocenters. The number of benzene rings is 2. The number of nitrogens with one attached hydrogen (secondary N) is 1. The largest absolute Gasteiger partial charge is 0.507 e. The van der Waals surface area contributed by atoms with Crippen LogP contribution in [-0.2, 0) is 4.79 Å². The van der Waals surface area contributed by atoms with E-state index in [-0.39, 0.29) is 17.9 Å². The third-order valence-electron chi connectivity index (χ3n) is 2.64. The van der Waals surface area contributed by atoms with Crippen LogP contribution < -0.4 is 15.8 Å². The van der Waals surface area contributed by atoms with Gasteiger partial charge in [-0.15, -0.1) is 0 Å². The number of carbonyl (C=O) groups excluding carboxylic acids is 2. The van der Waals surface area contributed by atoms with Crippen molar-refractivity contribution < 1.29 is 19.4 Å². The van der Waals surface area contributed by atoms with Crippen molar-refractivity contribution in [3.63, 3.8) is 0 Å². The summed E-state index contributed by atoms with van der Waals surface area (Å²) in [6.07, 6.45) is 0. The Bertz CT molecular complexity index is 653. The minimum Gasteiger partial charge on any atom is -0.507 e. The number of hydrogen-bond acceptors (Lipinski definition) is 4. The maximum atomic E-state index is 12.0. The van der Waals surface area contributed by atoms with E-state index in [2.05, 4.69) is 5.32 Å². The summed E-state index contributed by atoms with van der Waals surface area (Å²) in [5, 5.41) is 12.2. The topological polar surface area (TPSA) is 102 Å².